The fourth-order valence-electron chi connectivity index (χ4n) is 1.27. The van der Waals surface area contributed by atoms with Gasteiger partial charge < -0.3 is 5.11 Å². The van der Waals surface area contributed by atoms with Crippen LogP contribution in [0.5, 0.6) is 0 Å². The SMILES string of the molecule is CCC(O)CCCc1ccccn1. The lowest BCUT2D eigenvalue weighted by atomic mass is 10.1. The van der Waals surface area contributed by atoms with Crippen LogP contribution in [-0.4, -0.2) is 16.2 Å². The van der Waals surface area contributed by atoms with E-state index in [1.807, 2.05) is 31.3 Å². The van der Waals surface area contributed by atoms with E-state index in [0.717, 1.165) is 31.4 Å². The fraction of sp³-hybridized carbons (Fsp3) is 0.545. The number of hydrogen-bond acceptors (Lipinski definition) is 2. The summed E-state index contributed by atoms with van der Waals surface area (Å²) in [5.74, 6) is 0. The molecule has 0 radical (unpaired) electrons. The van der Waals surface area contributed by atoms with Crippen LogP contribution < -0.4 is 0 Å². The van der Waals surface area contributed by atoms with Gasteiger partial charge in [0, 0.05) is 11.9 Å². The molecule has 2 heteroatoms. The van der Waals surface area contributed by atoms with Gasteiger partial charge in [-0.3, -0.25) is 4.98 Å². The van der Waals surface area contributed by atoms with Crippen LogP contribution in [0.3, 0.4) is 0 Å². The molecule has 0 saturated heterocycles. The van der Waals surface area contributed by atoms with Gasteiger partial charge in [0.1, 0.15) is 0 Å². The highest BCUT2D eigenvalue weighted by atomic mass is 16.3. The molecule has 2 nitrogen and oxygen atoms in total. The van der Waals surface area contributed by atoms with Gasteiger partial charge in [-0.15, -0.1) is 0 Å². The lowest BCUT2D eigenvalue weighted by Gasteiger charge is -2.06. The van der Waals surface area contributed by atoms with Crippen molar-refractivity contribution in [3.05, 3.63) is 30.1 Å². The van der Waals surface area contributed by atoms with Crippen LogP contribution in [0, 0.1) is 0 Å². The largest absolute Gasteiger partial charge is 0.393 e. The lowest BCUT2D eigenvalue weighted by molar-refractivity contribution is 0.157. The average Bonchev–Trinajstić information content (AvgIpc) is 2.19. The van der Waals surface area contributed by atoms with Crippen molar-refractivity contribution in [1.29, 1.82) is 0 Å². The van der Waals surface area contributed by atoms with E-state index in [4.69, 9.17) is 0 Å². The van der Waals surface area contributed by atoms with Gasteiger partial charge in [-0.25, -0.2) is 0 Å². The minimum atomic E-state index is -0.135. The summed E-state index contributed by atoms with van der Waals surface area (Å²) in [5, 5.41) is 9.32. The Labute approximate surface area is 79.6 Å². The standard InChI is InChI=1S/C11H17NO/c1-2-11(13)8-5-7-10-6-3-4-9-12-10/h3-4,6,9,11,13H,2,5,7-8H2,1H3. The molecule has 13 heavy (non-hydrogen) atoms. The zero-order valence-corrected chi connectivity index (χ0v) is 8.11. The third kappa shape index (κ3) is 4.04. The lowest BCUT2D eigenvalue weighted by Crippen LogP contribution is -2.04. The van der Waals surface area contributed by atoms with Crippen molar-refractivity contribution >= 4 is 0 Å². The first-order chi connectivity index (χ1) is 6.33. The molecule has 0 saturated carbocycles. The Morgan fingerprint density at radius 3 is 2.92 bits per heavy atom. The second kappa shape index (κ2) is 5.70. The molecule has 0 spiro atoms. The molecule has 72 valence electrons. The highest BCUT2D eigenvalue weighted by Crippen LogP contribution is 2.05. The Morgan fingerprint density at radius 1 is 1.46 bits per heavy atom. The third-order valence-corrected chi connectivity index (χ3v) is 2.17. The quantitative estimate of drug-likeness (QED) is 0.751. The number of nitrogens with zero attached hydrogens (tertiary/aromatic N) is 1. The second-order valence-corrected chi connectivity index (χ2v) is 3.28. The maximum atomic E-state index is 9.32. The van der Waals surface area contributed by atoms with Crippen molar-refractivity contribution in [3.63, 3.8) is 0 Å². The number of aliphatic hydroxyl groups excluding tert-OH is 1. The number of pyridine rings is 1. The molecule has 0 aliphatic heterocycles. The van der Waals surface area contributed by atoms with E-state index in [1.54, 1.807) is 0 Å². The van der Waals surface area contributed by atoms with Crippen molar-refractivity contribution in [3.8, 4) is 0 Å². The number of rotatable bonds is 5. The van der Waals surface area contributed by atoms with Crippen molar-refractivity contribution in [2.45, 2.75) is 38.7 Å². The van der Waals surface area contributed by atoms with Crippen LogP contribution >= 0.6 is 0 Å². The van der Waals surface area contributed by atoms with E-state index in [0.29, 0.717) is 0 Å². The summed E-state index contributed by atoms with van der Waals surface area (Å²) >= 11 is 0. The van der Waals surface area contributed by atoms with Crippen molar-refractivity contribution in [2.24, 2.45) is 0 Å². The molecule has 1 atom stereocenters. The molecule has 1 rings (SSSR count). The van der Waals surface area contributed by atoms with Crippen LogP contribution in [0.4, 0.5) is 0 Å². The van der Waals surface area contributed by atoms with Crippen molar-refractivity contribution in [2.75, 3.05) is 0 Å². The number of aryl methyl sites for hydroxylation is 1. The van der Waals surface area contributed by atoms with Crippen LogP contribution in [0.1, 0.15) is 31.9 Å². The van der Waals surface area contributed by atoms with Gasteiger partial charge in [-0.05, 0) is 37.8 Å². The topological polar surface area (TPSA) is 33.1 Å². The Kier molecular flexibility index (Phi) is 4.47. The van der Waals surface area contributed by atoms with Crippen LogP contribution in [-0.2, 0) is 6.42 Å². The molecule has 0 aliphatic rings. The van der Waals surface area contributed by atoms with E-state index >= 15 is 0 Å². The molecule has 0 aromatic carbocycles. The van der Waals surface area contributed by atoms with E-state index in [2.05, 4.69) is 4.98 Å². The molecule has 1 heterocycles. The average molecular weight is 179 g/mol. The summed E-state index contributed by atoms with van der Waals surface area (Å²) in [7, 11) is 0. The molecule has 1 aromatic heterocycles. The van der Waals surface area contributed by atoms with E-state index < -0.39 is 0 Å². The number of hydrogen-bond donors (Lipinski definition) is 1. The van der Waals surface area contributed by atoms with Gasteiger partial charge in [0.15, 0.2) is 0 Å². The monoisotopic (exact) mass is 179 g/mol. The van der Waals surface area contributed by atoms with Crippen LogP contribution in [0.15, 0.2) is 24.4 Å². The molecule has 1 N–H and O–H groups in total. The second-order valence-electron chi connectivity index (χ2n) is 3.28. The fourth-order valence-corrected chi connectivity index (χ4v) is 1.27. The van der Waals surface area contributed by atoms with Gasteiger partial charge in [-0.2, -0.15) is 0 Å². The minimum Gasteiger partial charge on any atom is -0.393 e. The van der Waals surface area contributed by atoms with E-state index in [-0.39, 0.29) is 6.10 Å². The Morgan fingerprint density at radius 2 is 2.31 bits per heavy atom. The normalized spacial score (nSPS) is 12.8. The number of aromatic nitrogens is 1. The highest BCUT2D eigenvalue weighted by molar-refractivity contribution is 5.03. The Bertz CT molecular complexity index is 223. The molecule has 1 unspecified atom stereocenters. The van der Waals surface area contributed by atoms with Crippen LogP contribution in [0.25, 0.3) is 0 Å². The van der Waals surface area contributed by atoms with Gasteiger partial charge in [0.2, 0.25) is 0 Å². The maximum absolute atomic E-state index is 9.32. The summed E-state index contributed by atoms with van der Waals surface area (Å²) in [6.07, 6.45) is 5.40. The van der Waals surface area contributed by atoms with E-state index in [1.165, 1.54) is 0 Å². The maximum Gasteiger partial charge on any atom is 0.0537 e. The minimum absolute atomic E-state index is 0.135. The zero-order chi connectivity index (χ0) is 9.52. The summed E-state index contributed by atoms with van der Waals surface area (Å²) in [6.45, 7) is 2.01. The summed E-state index contributed by atoms with van der Waals surface area (Å²) in [5.41, 5.74) is 1.12. The van der Waals surface area contributed by atoms with Gasteiger partial charge in [0.05, 0.1) is 6.10 Å². The number of aliphatic hydroxyl groups is 1. The van der Waals surface area contributed by atoms with Crippen molar-refractivity contribution < 1.29 is 5.11 Å². The highest BCUT2D eigenvalue weighted by Gasteiger charge is 2.00. The molecule has 0 aliphatic carbocycles. The first kappa shape index (κ1) is 10.2. The first-order valence-electron chi connectivity index (χ1n) is 4.91. The first-order valence-corrected chi connectivity index (χ1v) is 4.91. The molecular weight excluding hydrogens is 162 g/mol. The zero-order valence-electron chi connectivity index (χ0n) is 8.11. The summed E-state index contributed by atoms with van der Waals surface area (Å²) < 4.78 is 0. The van der Waals surface area contributed by atoms with Gasteiger partial charge >= 0.3 is 0 Å². The molecule has 0 fully saturated rings. The van der Waals surface area contributed by atoms with Crippen LogP contribution in [0.2, 0.25) is 0 Å². The van der Waals surface area contributed by atoms with Crippen molar-refractivity contribution in [1.82, 2.24) is 4.98 Å². The molecule has 1 aromatic rings. The predicted molar refractivity (Wildman–Crippen MR) is 53.5 cm³/mol. The van der Waals surface area contributed by atoms with E-state index in [9.17, 15) is 5.11 Å². The predicted octanol–water partition coefficient (Wildman–Crippen LogP) is 2.18. The van der Waals surface area contributed by atoms with Gasteiger partial charge in [0.25, 0.3) is 0 Å². The molecule has 0 bridgehead atoms. The smallest absolute Gasteiger partial charge is 0.0537 e. The Balaban J connectivity index is 2.20. The molecular formula is C11H17NO. The summed E-state index contributed by atoms with van der Waals surface area (Å²) in [6, 6.07) is 5.95. The summed E-state index contributed by atoms with van der Waals surface area (Å²) in [4.78, 5) is 4.22. The third-order valence-electron chi connectivity index (χ3n) is 2.17. The Hall–Kier alpha value is -0.890. The van der Waals surface area contributed by atoms with Gasteiger partial charge in [-0.1, -0.05) is 13.0 Å². The molecule has 0 amide bonds.